The van der Waals surface area contributed by atoms with Crippen molar-refractivity contribution in [3.05, 3.63) is 23.2 Å². The van der Waals surface area contributed by atoms with Crippen molar-refractivity contribution in [1.29, 1.82) is 0 Å². The molecule has 1 atom stereocenters. The molecule has 0 aliphatic carbocycles. The fraction of sp³-hybridized carbons (Fsp3) is 0.333. The van der Waals surface area contributed by atoms with E-state index in [-0.39, 0.29) is 0 Å². The number of rotatable bonds is 0. The molecule has 0 saturated carbocycles. The maximum atomic E-state index is 2.26. The van der Waals surface area contributed by atoms with Crippen LogP contribution in [-0.2, 0) is 0 Å². The van der Waals surface area contributed by atoms with E-state index in [1.54, 1.807) is 0 Å². The van der Waals surface area contributed by atoms with Gasteiger partial charge in [-0.15, -0.1) is 0 Å². The van der Waals surface area contributed by atoms with Crippen molar-refractivity contribution in [2.75, 3.05) is 0 Å². The van der Waals surface area contributed by atoms with Crippen LogP contribution in [-0.4, -0.2) is 15.0 Å². The van der Waals surface area contributed by atoms with Crippen LogP contribution in [0.5, 0.6) is 0 Å². The van der Waals surface area contributed by atoms with E-state index in [0.717, 1.165) is 19.8 Å². The van der Waals surface area contributed by atoms with Gasteiger partial charge in [0.05, 0.1) is 0 Å². The van der Waals surface area contributed by atoms with Gasteiger partial charge in [0.1, 0.15) is 0 Å². The molecule has 1 aliphatic rings. The summed E-state index contributed by atoms with van der Waals surface area (Å²) in [5.74, 6) is 0. The van der Waals surface area contributed by atoms with E-state index in [2.05, 4.69) is 30.1 Å². The third-order valence-electron chi connectivity index (χ3n) is 0.865. The Balaban J connectivity index is 2.49. The summed E-state index contributed by atoms with van der Waals surface area (Å²) in [6, 6.07) is 0. The average molecular weight is 159 g/mol. The van der Waals surface area contributed by atoms with Gasteiger partial charge in [0.2, 0.25) is 0 Å². The first kappa shape index (κ1) is 5.14. The minimum absolute atomic E-state index is 0.745. The number of hydrogen-bond donors (Lipinski definition) is 0. The summed E-state index contributed by atoms with van der Waals surface area (Å²) in [6.07, 6.45) is 6.50. The van der Waals surface area contributed by atoms with Crippen LogP contribution in [0.3, 0.4) is 0 Å². The molecule has 38 valence electrons. The summed E-state index contributed by atoms with van der Waals surface area (Å²) in [7, 11) is 0. The van der Waals surface area contributed by atoms with Crippen LogP contribution in [0.25, 0.3) is 0 Å². The molecule has 1 heteroatoms. The van der Waals surface area contributed by atoms with Gasteiger partial charge in [-0.2, -0.15) is 0 Å². The van der Waals surface area contributed by atoms with Crippen molar-refractivity contribution in [3.63, 3.8) is 0 Å². The molecule has 0 spiro atoms. The summed E-state index contributed by atoms with van der Waals surface area (Å²) >= 11 is 0.745. The van der Waals surface area contributed by atoms with Crippen LogP contribution in [0, 0.1) is 0 Å². The fourth-order valence-corrected chi connectivity index (χ4v) is 1.76. The molecule has 0 aromatic heterocycles. The van der Waals surface area contributed by atoms with Gasteiger partial charge in [0, 0.05) is 0 Å². The van der Waals surface area contributed by atoms with E-state index < -0.39 is 0 Å². The number of allylic oxidation sites excluding steroid dienone is 3. The summed E-state index contributed by atoms with van der Waals surface area (Å²) in [6.45, 7) is 2.25. The Kier molecular flexibility index (Phi) is 1.72. The molecule has 0 nitrogen and oxygen atoms in total. The van der Waals surface area contributed by atoms with Crippen LogP contribution < -0.4 is 0 Å². The van der Waals surface area contributed by atoms with Gasteiger partial charge < -0.3 is 0 Å². The second kappa shape index (κ2) is 2.34. The molecule has 0 aromatic rings. The molecule has 1 rings (SSSR count). The SMILES string of the molecule is CC1C=CC=C[Se]1. The maximum absolute atomic E-state index is 2.26. The van der Waals surface area contributed by atoms with Crippen LogP contribution in [0.1, 0.15) is 6.92 Å². The fourth-order valence-electron chi connectivity index (χ4n) is 0.481. The van der Waals surface area contributed by atoms with E-state index in [0.29, 0.717) is 0 Å². The van der Waals surface area contributed by atoms with Gasteiger partial charge in [-0.25, -0.2) is 0 Å². The summed E-state index contributed by atoms with van der Waals surface area (Å²) in [4.78, 5) is 3.09. The molecular weight excluding hydrogens is 151 g/mol. The molecule has 7 heavy (non-hydrogen) atoms. The van der Waals surface area contributed by atoms with E-state index >= 15 is 0 Å². The number of hydrogen-bond acceptors (Lipinski definition) is 0. The van der Waals surface area contributed by atoms with Gasteiger partial charge in [-0.1, -0.05) is 0 Å². The van der Waals surface area contributed by atoms with Gasteiger partial charge >= 0.3 is 49.9 Å². The molecule has 0 bridgehead atoms. The molecule has 0 fully saturated rings. The summed E-state index contributed by atoms with van der Waals surface area (Å²) in [5, 5.41) is 0. The van der Waals surface area contributed by atoms with Crippen molar-refractivity contribution < 1.29 is 0 Å². The molecule has 1 aliphatic heterocycles. The Morgan fingerprint density at radius 1 is 1.43 bits per heavy atom. The van der Waals surface area contributed by atoms with Gasteiger partial charge in [0.25, 0.3) is 0 Å². The Hall–Kier alpha value is -0.000519. The van der Waals surface area contributed by atoms with Crippen molar-refractivity contribution >= 4 is 15.0 Å². The molecule has 0 aromatic carbocycles. The second-order valence-corrected chi connectivity index (χ2v) is 4.26. The van der Waals surface area contributed by atoms with Crippen molar-refractivity contribution in [1.82, 2.24) is 0 Å². The normalized spacial score (nSPS) is 28.4. The second-order valence-electron chi connectivity index (χ2n) is 1.55. The van der Waals surface area contributed by atoms with Crippen LogP contribution >= 0.6 is 0 Å². The third-order valence-corrected chi connectivity index (χ3v) is 2.75. The third kappa shape index (κ3) is 1.50. The van der Waals surface area contributed by atoms with E-state index in [9.17, 15) is 0 Å². The molecule has 1 heterocycles. The molecular formula is C6H8Se. The Morgan fingerprint density at radius 2 is 2.29 bits per heavy atom. The van der Waals surface area contributed by atoms with Crippen molar-refractivity contribution in [2.24, 2.45) is 0 Å². The molecule has 1 unspecified atom stereocenters. The van der Waals surface area contributed by atoms with Crippen molar-refractivity contribution in [2.45, 2.75) is 11.7 Å². The Morgan fingerprint density at radius 3 is 2.57 bits per heavy atom. The zero-order valence-corrected chi connectivity index (χ0v) is 6.01. The molecule has 0 amide bonds. The molecule has 0 N–H and O–H groups in total. The van der Waals surface area contributed by atoms with Gasteiger partial charge in [0.15, 0.2) is 0 Å². The van der Waals surface area contributed by atoms with Gasteiger partial charge in [-0.05, 0) is 0 Å². The Bertz CT molecular complexity index is 103. The minimum atomic E-state index is 0.745. The van der Waals surface area contributed by atoms with E-state index in [1.807, 2.05) is 0 Å². The zero-order chi connectivity index (χ0) is 5.11. The monoisotopic (exact) mass is 160 g/mol. The first-order chi connectivity index (χ1) is 3.39. The first-order valence-electron chi connectivity index (χ1n) is 2.38. The predicted octanol–water partition coefficient (Wildman–Crippen LogP) is 1.58. The quantitative estimate of drug-likeness (QED) is 0.471. The first-order valence-corrected chi connectivity index (χ1v) is 4.36. The molecule has 0 radical (unpaired) electrons. The van der Waals surface area contributed by atoms with Crippen LogP contribution in [0.4, 0.5) is 0 Å². The van der Waals surface area contributed by atoms with E-state index in [1.165, 1.54) is 0 Å². The summed E-state index contributed by atoms with van der Waals surface area (Å²) in [5.41, 5.74) is 0. The Labute approximate surface area is 50.5 Å². The summed E-state index contributed by atoms with van der Waals surface area (Å²) < 4.78 is 0. The van der Waals surface area contributed by atoms with Crippen LogP contribution in [0.15, 0.2) is 23.2 Å². The topological polar surface area (TPSA) is 0 Å². The standard InChI is InChI=1S/C6H8Se/c1-6-4-2-3-5-7-6/h2-6H,1H3. The van der Waals surface area contributed by atoms with Crippen LogP contribution in [0.2, 0.25) is 4.82 Å². The zero-order valence-electron chi connectivity index (χ0n) is 4.29. The predicted molar refractivity (Wildman–Crippen MR) is 33.5 cm³/mol. The van der Waals surface area contributed by atoms with Gasteiger partial charge in [-0.3, -0.25) is 0 Å². The average Bonchev–Trinajstić information content (AvgIpc) is 1.69. The van der Waals surface area contributed by atoms with E-state index in [4.69, 9.17) is 0 Å². The molecule has 0 saturated heterocycles. The van der Waals surface area contributed by atoms with Crippen molar-refractivity contribution in [3.8, 4) is 0 Å².